The van der Waals surface area contributed by atoms with Gasteiger partial charge in [0.05, 0.1) is 17.7 Å². The Bertz CT molecular complexity index is 891. The maximum Gasteiger partial charge on any atom is 0.363 e. The summed E-state index contributed by atoms with van der Waals surface area (Å²) in [6.45, 7) is 0. The van der Waals surface area contributed by atoms with Crippen LogP contribution in [0, 0.1) is 0 Å². The second kappa shape index (κ2) is 6.61. The molecule has 2 unspecified atom stereocenters. The zero-order chi connectivity index (χ0) is 19.0. The van der Waals surface area contributed by atoms with Crippen molar-refractivity contribution in [2.75, 3.05) is 4.90 Å². The van der Waals surface area contributed by atoms with E-state index in [1.807, 2.05) is 0 Å². The minimum Gasteiger partial charge on any atom is -0.772 e. The van der Waals surface area contributed by atoms with Crippen LogP contribution in [0.5, 0.6) is 0 Å². The highest BCUT2D eigenvalue weighted by Gasteiger charge is 2.42. The smallest absolute Gasteiger partial charge is 0.363 e. The minimum absolute atomic E-state index is 0.0945. The SMILES string of the molecule is O=C(ON1C(=O)CC(S(=O)[O-])C1=O)c1cccc(N2C(=O)C=CC2=O)c1. The van der Waals surface area contributed by atoms with Crippen LogP contribution in [-0.2, 0) is 35.1 Å². The number of anilines is 1. The van der Waals surface area contributed by atoms with Gasteiger partial charge in [-0.05, 0) is 29.3 Å². The summed E-state index contributed by atoms with van der Waals surface area (Å²) in [6.07, 6.45) is 1.51. The van der Waals surface area contributed by atoms with Crippen LogP contribution in [0.15, 0.2) is 36.4 Å². The molecule has 134 valence electrons. The average molecular weight is 377 g/mol. The number of hydrogen-bond donors (Lipinski definition) is 0. The Balaban J connectivity index is 1.79. The Hall–Kier alpha value is -3.18. The van der Waals surface area contributed by atoms with Crippen molar-refractivity contribution in [3.05, 3.63) is 42.0 Å². The molecule has 1 fully saturated rings. The van der Waals surface area contributed by atoms with Gasteiger partial charge in [0.25, 0.3) is 23.6 Å². The van der Waals surface area contributed by atoms with E-state index in [0.29, 0.717) is 0 Å². The van der Waals surface area contributed by atoms with Crippen molar-refractivity contribution >= 4 is 46.4 Å². The predicted molar refractivity (Wildman–Crippen MR) is 82.7 cm³/mol. The van der Waals surface area contributed by atoms with Crippen molar-refractivity contribution in [3.8, 4) is 0 Å². The van der Waals surface area contributed by atoms with Gasteiger partial charge < -0.3 is 9.39 Å². The number of benzene rings is 1. The van der Waals surface area contributed by atoms with Crippen molar-refractivity contribution < 1.29 is 37.6 Å². The van der Waals surface area contributed by atoms with Crippen molar-refractivity contribution in [3.63, 3.8) is 0 Å². The third-order valence-electron chi connectivity index (χ3n) is 3.62. The van der Waals surface area contributed by atoms with Crippen molar-refractivity contribution in [2.45, 2.75) is 11.7 Å². The molecule has 3 rings (SSSR count). The van der Waals surface area contributed by atoms with Gasteiger partial charge in [-0.25, -0.2) is 9.69 Å². The lowest BCUT2D eigenvalue weighted by Crippen LogP contribution is -2.35. The zero-order valence-corrected chi connectivity index (χ0v) is 13.6. The fourth-order valence-corrected chi connectivity index (χ4v) is 2.93. The molecule has 2 atom stereocenters. The summed E-state index contributed by atoms with van der Waals surface area (Å²) >= 11 is -2.83. The quantitative estimate of drug-likeness (QED) is 0.490. The van der Waals surface area contributed by atoms with E-state index in [4.69, 9.17) is 4.84 Å². The summed E-state index contributed by atoms with van der Waals surface area (Å²) in [5.74, 6) is -4.44. The lowest BCUT2D eigenvalue weighted by Gasteiger charge is -2.16. The fraction of sp³-hybridized carbons (Fsp3) is 0.133. The highest BCUT2D eigenvalue weighted by atomic mass is 32.2. The third kappa shape index (κ3) is 3.05. The van der Waals surface area contributed by atoms with Gasteiger partial charge in [-0.1, -0.05) is 6.07 Å². The first-order chi connectivity index (χ1) is 12.3. The van der Waals surface area contributed by atoms with Gasteiger partial charge in [-0.3, -0.25) is 23.4 Å². The standard InChI is InChI=1S/C15H10N2O8S/c18-11-4-5-12(19)16(11)9-3-1-2-8(6-9)15(22)25-17-13(20)7-10(14(17)21)26(23)24/h1-6,10H,7H2,(H,23,24)/p-1. The van der Waals surface area contributed by atoms with E-state index in [2.05, 4.69) is 0 Å². The Kier molecular flexibility index (Phi) is 4.49. The molecule has 0 aliphatic carbocycles. The number of carbonyl (C=O) groups is 5. The topological polar surface area (TPSA) is 141 Å². The fourth-order valence-electron chi connectivity index (χ4n) is 2.39. The molecule has 0 aromatic heterocycles. The molecule has 11 heteroatoms. The summed E-state index contributed by atoms with van der Waals surface area (Å²) in [7, 11) is 0. The molecule has 0 N–H and O–H groups in total. The monoisotopic (exact) mass is 377 g/mol. The maximum absolute atomic E-state index is 12.2. The van der Waals surface area contributed by atoms with E-state index in [-0.39, 0.29) is 16.3 Å². The molecule has 0 spiro atoms. The highest BCUT2D eigenvalue weighted by molar-refractivity contribution is 7.80. The molecule has 2 heterocycles. The maximum atomic E-state index is 12.2. The predicted octanol–water partition coefficient (Wildman–Crippen LogP) is -0.806. The van der Waals surface area contributed by atoms with Gasteiger partial charge >= 0.3 is 5.97 Å². The normalized spacial score (nSPS) is 20.9. The second-order valence-electron chi connectivity index (χ2n) is 5.25. The van der Waals surface area contributed by atoms with Crippen LogP contribution < -0.4 is 4.90 Å². The largest absolute Gasteiger partial charge is 0.772 e. The Morgan fingerprint density at radius 1 is 1.15 bits per heavy atom. The number of hydrogen-bond acceptors (Lipinski definition) is 8. The molecule has 0 bridgehead atoms. The molecular formula is C15H9N2O8S-. The van der Waals surface area contributed by atoms with Crippen LogP contribution >= 0.6 is 0 Å². The van der Waals surface area contributed by atoms with Crippen molar-refractivity contribution in [2.24, 2.45) is 0 Å². The van der Waals surface area contributed by atoms with Crippen molar-refractivity contribution in [1.82, 2.24) is 5.06 Å². The molecule has 4 amide bonds. The first-order valence-corrected chi connectivity index (χ1v) is 8.26. The molecule has 1 aromatic carbocycles. The Morgan fingerprint density at radius 3 is 2.38 bits per heavy atom. The van der Waals surface area contributed by atoms with Crippen LogP contribution in [0.25, 0.3) is 0 Å². The zero-order valence-electron chi connectivity index (χ0n) is 12.8. The Labute approximate surface area is 148 Å². The van der Waals surface area contributed by atoms with E-state index < -0.39 is 52.3 Å². The van der Waals surface area contributed by atoms with Gasteiger partial charge in [0, 0.05) is 12.2 Å². The number of nitrogens with zero attached hydrogens (tertiary/aromatic N) is 2. The first-order valence-electron chi connectivity index (χ1n) is 7.13. The number of imide groups is 2. The molecule has 2 aliphatic heterocycles. The van der Waals surface area contributed by atoms with Crippen LogP contribution in [0.3, 0.4) is 0 Å². The molecule has 0 saturated carbocycles. The van der Waals surface area contributed by atoms with Gasteiger partial charge in [0.15, 0.2) is 0 Å². The minimum atomic E-state index is -2.83. The number of carbonyl (C=O) groups excluding carboxylic acids is 5. The summed E-state index contributed by atoms with van der Waals surface area (Å²) in [5, 5.41) is -1.50. The molecule has 2 aliphatic rings. The first kappa shape index (κ1) is 17.6. The average Bonchev–Trinajstić information content (AvgIpc) is 3.08. The van der Waals surface area contributed by atoms with Crippen LogP contribution in [0.4, 0.5) is 5.69 Å². The number of rotatable bonds is 4. The lowest BCUT2D eigenvalue weighted by atomic mass is 10.2. The van der Waals surface area contributed by atoms with Crippen molar-refractivity contribution in [1.29, 1.82) is 0 Å². The van der Waals surface area contributed by atoms with E-state index in [9.17, 15) is 32.7 Å². The van der Waals surface area contributed by atoms with Gasteiger partial charge in [0.2, 0.25) is 0 Å². The number of amides is 4. The second-order valence-corrected chi connectivity index (χ2v) is 6.34. The van der Waals surface area contributed by atoms with Crippen LogP contribution in [0.1, 0.15) is 16.8 Å². The van der Waals surface area contributed by atoms with Crippen LogP contribution in [-0.4, -0.2) is 48.7 Å². The summed E-state index contributed by atoms with van der Waals surface area (Å²) in [4.78, 5) is 64.5. The van der Waals surface area contributed by atoms with Crippen LogP contribution in [0.2, 0.25) is 0 Å². The Morgan fingerprint density at radius 2 is 1.81 bits per heavy atom. The lowest BCUT2D eigenvalue weighted by molar-refractivity contribution is -0.172. The van der Waals surface area contributed by atoms with E-state index >= 15 is 0 Å². The molecule has 1 saturated heterocycles. The van der Waals surface area contributed by atoms with E-state index in [1.54, 1.807) is 0 Å². The molecular weight excluding hydrogens is 368 g/mol. The summed E-state index contributed by atoms with van der Waals surface area (Å²) in [6, 6.07) is 5.22. The molecule has 0 radical (unpaired) electrons. The summed E-state index contributed by atoms with van der Waals surface area (Å²) in [5.41, 5.74) is -0.0561. The highest BCUT2D eigenvalue weighted by Crippen LogP contribution is 2.22. The number of hydroxylamine groups is 2. The molecule has 10 nitrogen and oxygen atoms in total. The summed E-state index contributed by atoms with van der Waals surface area (Å²) < 4.78 is 21.8. The van der Waals surface area contributed by atoms with Gasteiger partial charge in [-0.2, -0.15) is 0 Å². The molecule has 26 heavy (non-hydrogen) atoms. The van der Waals surface area contributed by atoms with Gasteiger partial charge in [-0.15, -0.1) is 5.06 Å². The van der Waals surface area contributed by atoms with E-state index in [0.717, 1.165) is 17.1 Å². The van der Waals surface area contributed by atoms with E-state index in [1.165, 1.54) is 24.3 Å². The van der Waals surface area contributed by atoms with Gasteiger partial charge in [0.1, 0.15) is 5.25 Å². The third-order valence-corrected chi connectivity index (χ3v) is 4.45. The molecule has 1 aromatic rings.